The normalized spacial score (nSPS) is 13.8. The fourth-order valence-corrected chi connectivity index (χ4v) is 2.16. The summed E-state index contributed by atoms with van der Waals surface area (Å²) in [7, 11) is 0. The summed E-state index contributed by atoms with van der Waals surface area (Å²) in [6.07, 6.45) is 0. The highest BCUT2D eigenvalue weighted by Gasteiger charge is 2.34. The minimum absolute atomic E-state index is 0.123. The highest BCUT2D eigenvalue weighted by Crippen LogP contribution is 2.21. The minimum atomic E-state index is -1.02. The molecule has 5 heteroatoms. The van der Waals surface area contributed by atoms with Crippen molar-refractivity contribution in [3.8, 4) is 0 Å². The van der Waals surface area contributed by atoms with Crippen molar-refractivity contribution >= 4 is 11.9 Å². The molecule has 0 aliphatic carbocycles. The Labute approximate surface area is 110 Å². The van der Waals surface area contributed by atoms with Crippen LogP contribution in [-0.2, 0) is 9.59 Å². The van der Waals surface area contributed by atoms with Crippen LogP contribution >= 0.6 is 0 Å². The highest BCUT2D eigenvalue weighted by molar-refractivity contribution is 5.85. The monoisotopic (exact) mass is 258 g/mol. The molecule has 1 amide bonds. The van der Waals surface area contributed by atoms with E-state index in [9.17, 15) is 9.59 Å². The van der Waals surface area contributed by atoms with Gasteiger partial charge in [-0.15, -0.1) is 0 Å². The molecule has 0 aromatic heterocycles. The van der Waals surface area contributed by atoms with E-state index >= 15 is 0 Å². The first-order valence-electron chi connectivity index (χ1n) is 6.37. The van der Waals surface area contributed by atoms with Crippen LogP contribution < -0.4 is 5.32 Å². The van der Waals surface area contributed by atoms with E-state index in [-0.39, 0.29) is 30.0 Å². The van der Waals surface area contributed by atoms with Crippen LogP contribution in [0.1, 0.15) is 41.5 Å². The van der Waals surface area contributed by atoms with Crippen LogP contribution in [-0.4, -0.2) is 46.6 Å². The van der Waals surface area contributed by atoms with E-state index in [1.54, 1.807) is 0 Å². The van der Waals surface area contributed by atoms with Gasteiger partial charge in [0.25, 0.3) is 0 Å². The van der Waals surface area contributed by atoms with E-state index in [4.69, 9.17) is 5.11 Å². The topological polar surface area (TPSA) is 69.6 Å². The highest BCUT2D eigenvalue weighted by atomic mass is 16.4. The molecule has 0 fully saturated rings. The SMILES string of the molecule is CCN(C(C(=O)NCC(=O)O)C(C)C)C(C)(C)C. The van der Waals surface area contributed by atoms with Crippen molar-refractivity contribution in [3.05, 3.63) is 0 Å². The Morgan fingerprint density at radius 1 is 1.28 bits per heavy atom. The third kappa shape index (κ3) is 5.04. The lowest BCUT2D eigenvalue weighted by molar-refractivity contribution is -0.139. The first-order valence-corrected chi connectivity index (χ1v) is 6.37. The number of hydrogen-bond donors (Lipinski definition) is 2. The fourth-order valence-electron chi connectivity index (χ4n) is 2.16. The molecule has 5 nitrogen and oxygen atoms in total. The van der Waals surface area contributed by atoms with Crippen molar-refractivity contribution < 1.29 is 14.7 Å². The quantitative estimate of drug-likeness (QED) is 0.754. The molecule has 1 unspecified atom stereocenters. The van der Waals surface area contributed by atoms with Gasteiger partial charge < -0.3 is 10.4 Å². The van der Waals surface area contributed by atoms with Crippen LogP contribution in [0.2, 0.25) is 0 Å². The van der Waals surface area contributed by atoms with Crippen molar-refractivity contribution in [2.75, 3.05) is 13.1 Å². The average molecular weight is 258 g/mol. The van der Waals surface area contributed by atoms with E-state index < -0.39 is 5.97 Å². The molecule has 0 saturated heterocycles. The van der Waals surface area contributed by atoms with Crippen molar-refractivity contribution in [3.63, 3.8) is 0 Å². The Morgan fingerprint density at radius 2 is 1.78 bits per heavy atom. The number of carbonyl (C=O) groups is 2. The molecule has 0 rings (SSSR count). The molecule has 2 N–H and O–H groups in total. The van der Waals surface area contributed by atoms with Gasteiger partial charge in [0.15, 0.2) is 0 Å². The second-order valence-electron chi connectivity index (χ2n) is 5.76. The summed E-state index contributed by atoms with van der Waals surface area (Å²) in [4.78, 5) is 24.7. The standard InChI is InChI=1S/C13H26N2O3/c1-7-15(13(4,5)6)11(9(2)3)12(18)14-8-10(16)17/h9,11H,7-8H2,1-6H3,(H,14,18)(H,16,17). The van der Waals surface area contributed by atoms with Gasteiger partial charge in [-0.1, -0.05) is 20.8 Å². The Balaban J connectivity index is 4.94. The number of amides is 1. The molecule has 106 valence electrons. The lowest BCUT2D eigenvalue weighted by Gasteiger charge is -2.42. The lowest BCUT2D eigenvalue weighted by Crippen LogP contribution is -2.57. The third-order valence-electron chi connectivity index (χ3n) is 2.85. The predicted octanol–water partition coefficient (Wildman–Crippen LogP) is 1.33. The molecule has 0 aromatic carbocycles. The van der Waals surface area contributed by atoms with Gasteiger partial charge in [0.05, 0.1) is 6.04 Å². The van der Waals surface area contributed by atoms with Gasteiger partial charge >= 0.3 is 5.97 Å². The number of carboxylic acids is 1. The zero-order valence-corrected chi connectivity index (χ0v) is 12.3. The number of carbonyl (C=O) groups excluding carboxylic acids is 1. The van der Waals surface area contributed by atoms with Crippen molar-refractivity contribution in [1.29, 1.82) is 0 Å². The molecule has 0 saturated carbocycles. The number of nitrogens with zero attached hydrogens (tertiary/aromatic N) is 1. The molecule has 0 radical (unpaired) electrons. The largest absolute Gasteiger partial charge is 0.480 e. The van der Waals surface area contributed by atoms with E-state index in [0.29, 0.717) is 0 Å². The van der Waals surface area contributed by atoms with E-state index in [0.717, 1.165) is 6.54 Å². The summed E-state index contributed by atoms with van der Waals surface area (Å²) >= 11 is 0. The summed E-state index contributed by atoms with van der Waals surface area (Å²) < 4.78 is 0. The van der Waals surface area contributed by atoms with E-state index in [1.165, 1.54) is 0 Å². The first kappa shape index (κ1) is 16.9. The minimum Gasteiger partial charge on any atom is -0.480 e. The maximum absolute atomic E-state index is 12.1. The van der Waals surface area contributed by atoms with Crippen molar-refractivity contribution in [2.45, 2.75) is 53.1 Å². The number of hydrogen-bond acceptors (Lipinski definition) is 3. The Kier molecular flexibility index (Phi) is 6.32. The molecule has 0 aliphatic rings. The van der Waals surface area contributed by atoms with E-state index in [2.05, 4.69) is 31.0 Å². The Morgan fingerprint density at radius 3 is 2.06 bits per heavy atom. The molecule has 0 aliphatic heterocycles. The van der Waals surface area contributed by atoms with Gasteiger partial charge in [-0.05, 0) is 33.2 Å². The third-order valence-corrected chi connectivity index (χ3v) is 2.85. The summed E-state index contributed by atoms with van der Waals surface area (Å²) in [5.74, 6) is -1.12. The van der Waals surface area contributed by atoms with Gasteiger partial charge in [0.2, 0.25) is 5.91 Å². The van der Waals surface area contributed by atoms with E-state index in [1.807, 2.05) is 20.8 Å². The van der Waals surface area contributed by atoms with Gasteiger partial charge in [-0.3, -0.25) is 14.5 Å². The summed E-state index contributed by atoms with van der Waals surface area (Å²) in [5.41, 5.74) is -0.135. The number of nitrogens with one attached hydrogen (secondary N) is 1. The number of carboxylic acid groups (broad SMARTS) is 1. The number of aliphatic carboxylic acids is 1. The second-order valence-corrected chi connectivity index (χ2v) is 5.76. The smallest absolute Gasteiger partial charge is 0.322 e. The molecule has 0 bridgehead atoms. The van der Waals surface area contributed by atoms with Crippen molar-refractivity contribution in [2.24, 2.45) is 5.92 Å². The lowest BCUT2D eigenvalue weighted by atomic mass is 9.95. The Hall–Kier alpha value is -1.10. The van der Waals surface area contributed by atoms with Gasteiger partial charge in [0.1, 0.15) is 6.54 Å². The second kappa shape index (κ2) is 6.73. The maximum Gasteiger partial charge on any atom is 0.322 e. The number of rotatable bonds is 6. The van der Waals surface area contributed by atoms with Crippen LogP contribution in [0.4, 0.5) is 0 Å². The molecule has 18 heavy (non-hydrogen) atoms. The van der Waals surface area contributed by atoms with Gasteiger partial charge in [-0.2, -0.15) is 0 Å². The van der Waals surface area contributed by atoms with Crippen LogP contribution in [0, 0.1) is 5.92 Å². The molecule has 0 spiro atoms. The number of likely N-dealkylation sites (N-methyl/N-ethyl adjacent to an activating group) is 1. The average Bonchev–Trinajstić information content (AvgIpc) is 2.19. The van der Waals surface area contributed by atoms with Gasteiger partial charge in [-0.25, -0.2) is 0 Å². The van der Waals surface area contributed by atoms with Crippen LogP contribution in [0.5, 0.6) is 0 Å². The fraction of sp³-hybridized carbons (Fsp3) is 0.846. The van der Waals surface area contributed by atoms with Crippen LogP contribution in [0.15, 0.2) is 0 Å². The van der Waals surface area contributed by atoms with Crippen molar-refractivity contribution in [1.82, 2.24) is 10.2 Å². The molecular weight excluding hydrogens is 232 g/mol. The first-order chi connectivity index (χ1) is 8.11. The van der Waals surface area contributed by atoms with Gasteiger partial charge in [0, 0.05) is 5.54 Å². The summed E-state index contributed by atoms with van der Waals surface area (Å²) in [5, 5.41) is 11.1. The molecular formula is C13H26N2O3. The predicted molar refractivity (Wildman–Crippen MR) is 71.4 cm³/mol. The molecule has 0 heterocycles. The zero-order chi connectivity index (χ0) is 14.5. The summed E-state index contributed by atoms with van der Waals surface area (Å²) in [6, 6.07) is -0.311. The molecule has 0 aromatic rings. The maximum atomic E-state index is 12.1. The van der Waals surface area contributed by atoms with Crippen LogP contribution in [0.3, 0.4) is 0 Å². The van der Waals surface area contributed by atoms with Crippen LogP contribution in [0.25, 0.3) is 0 Å². The summed E-state index contributed by atoms with van der Waals surface area (Å²) in [6.45, 7) is 12.5. The zero-order valence-electron chi connectivity index (χ0n) is 12.3. The Bertz CT molecular complexity index is 295. The molecule has 1 atom stereocenters.